The summed E-state index contributed by atoms with van der Waals surface area (Å²) < 4.78 is 46.8. The van der Waals surface area contributed by atoms with E-state index in [0.29, 0.717) is 6.42 Å². The summed E-state index contributed by atoms with van der Waals surface area (Å²) in [5, 5.41) is 0. The highest BCUT2D eigenvalue weighted by molar-refractivity contribution is 7.89. The van der Waals surface area contributed by atoms with Gasteiger partial charge in [0.15, 0.2) is 11.6 Å². The Hall–Kier alpha value is -1.99. The minimum absolute atomic E-state index is 0.0163. The van der Waals surface area contributed by atoms with E-state index < -0.39 is 21.9 Å². The summed E-state index contributed by atoms with van der Waals surface area (Å²) in [5.74, 6) is -0.657. The zero-order chi connectivity index (χ0) is 17.0. The largest absolute Gasteiger partial charge is 0.494 e. The van der Waals surface area contributed by atoms with Gasteiger partial charge in [-0.1, -0.05) is 6.92 Å². The maximum atomic E-state index is 14.1. The number of nitrogens with zero attached hydrogens (tertiary/aromatic N) is 1. The molecule has 0 saturated carbocycles. The van der Waals surface area contributed by atoms with Crippen molar-refractivity contribution in [2.75, 3.05) is 7.11 Å². The van der Waals surface area contributed by atoms with E-state index in [1.165, 1.54) is 26.2 Å². The van der Waals surface area contributed by atoms with Gasteiger partial charge in [0.05, 0.1) is 12.0 Å². The molecule has 5 nitrogen and oxygen atoms in total. The summed E-state index contributed by atoms with van der Waals surface area (Å²) in [7, 11) is -2.53. The van der Waals surface area contributed by atoms with Crippen LogP contribution in [0.5, 0.6) is 5.75 Å². The van der Waals surface area contributed by atoms with Crippen molar-refractivity contribution in [2.45, 2.75) is 31.2 Å². The second-order valence-electron chi connectivity index (χ2n) is 5.07. The molecule has 0 spiro atoms. The molecule has 1 atom stereocenters. The number of pyridine rings is 1. The quantitative estimate of drug-likeness (QED) is 0.879. The molecule has 124 valence electrons. The molecule has 23 heavy (non-hydrogen) atoms. The Balaban J connectivity index is 2.37. The fourth-order valence-corrected chi connectivity index (χ4v) is 3.87. The van der Waals surface area contributed by atoms with Crippen molar-refractivity contribution in [3.8, 4) is 5.75 Å². The number of methoxy groups -OCH3 is 1. The molecule has 0 radical (unpaired) electrons. The Morgan fingerprint density at radius 3 is 2.48 bits per heavy atom. The van der Waals surface area contributed by atoms with Gasteiger partial charge in [0, 0.05) is 24.0 Å². The molecule has 1 heterocycles. The van der Waals surface area contributed by atoms with Crippen molar-refractivity contribution in [1.29, 1.82) is 0 Å². The molecule has 0 aliphatic carbocycles. The van der Waals surface area contributed by atoms with E-state index in [-0.39, 0.29) is 16.2 Å². The molecule has 1 N–H and O–H groups in total. The fourth-order valence-electron chi connectivity index (χ4n) is 2.32. The van der Waals surface area contributed by atoms with Crippen LogP contribution >= 0.6 is 0 Å². The summed E-state index contributed by atoms with van der Waals surface area (Å²) in [6.45, 7) is 3.29. The number of hydrogen-bond donors (Lipinski definition) is 1. The first-order valence-electron chi connectivity index (χ1n) is 7.16. The van der Waals surface area contributed by atoms with Gasteiger partial charge in [0.25, 0.3) is 0 Å². The summed E-state index contributed by atoms with van der Waals surface area (Å²) in [6, 6.07) is 5.74. The van der Waals surface area contributed by atoms with Gasteiger partial charge in [-0.2, -0.15) is 0 Å². The number of ether oxygens (including phenoxy) is 1. The van der Waals surface area contributed by atoms with Crippen molar-refractivity contribution in [1.82, 2.24) is 9.71 Å². The van der Waals surface area contributed by atoms with Crippen LogP contribution < -0.4 is 9.46 Å². The van der Waals surface area contributed by atoms with Crippen LogP contribution in [0.15, 0.2) is 41.6 Å². The van der Waals surface area contributed by atoms with Gasteiger partial charge in [-0.3, -0.25) is 4.98 Å². The first-order valence-corrected chi connectivity index (χ1v) is 8.64. The van der Waals surface area contributed by atoms with Crippen LogP contribution in [0, 0.1) is 12.7 Å². The first-order chi connectivity index (χ1) is 10.9. The molecule has 1 aromatic carbocycles. The Kier molecular flexibility index (Phi) is 5.33. The predicted octanol–water partition coefficient (Wildman–Crippen LogP) is 2.97. The number of nitrogens with one attached hydrogen (secondary N) is 1. The van der Waals surface area contributed by atoms with Crippen LogP contribution in [0.25, 0.3) is 0 Å². The third-order valence-corrected chi connectivity index (χ3v) is 5.24. The topological polar surface area (TPSA) is 68.3 Å². The average molecular weight is 338 g/mol. The van der Waals surface area contributed by atoms with Gasteiger partial charge in [0.1, 0.15) is 0 Å². The van der Waals surface area contributed by atoms with Crippen molar-refractivity contribution in [3.63, 3.8) is 0 Å². The number of sulfonamides is 1. The normalized spacial score (nSPS) is 12.9. The predicted molar refractivity (Wildman–Crippen MR) is 85.3 cm³/mol. The van der Waals surface area contributed by atoms with E-state index in [0.717, 1.165) is 5.56 Å². The lowest BCUT2D eigenvalue weighted by molar-refractivity contribution is 0.384. The van der Waals surface area contributed by atoms with E-state index in [9.17, 15) is 12.8 Å². The van der Waals surface area contributed by atoms with Crippen LogP contribution in [0.3, 0.4) is 0 Å². The van der Waals surface area contributed by atoms with Crippen LogP contribution in [-0.2, 0) is 10.0 Å². The second kappa shape index (κ2) is 7.06. The number of halogens is 1. The second-order valence-corrected chi connectivity index (χ2v) is 6.75. The molecule has 0 bridgehead atoms. The molecule has 1 aromatic heterocycles. The summed E-state index contributed by atoms with van der Waals surface area (Å²) in [4.78, 5) is 3.83. The minimum Gasteiger partial charge on any atom is -0.494 e. The van der Waals surface area contributed by atoms with Crippen molar-refractivity contribution in [3.05, 3.63) is 53.6 Å². The Morgan fingerprint density at radius 1 is 1.26 bits per heavy atom. The van der Waals surface area contributed by atoms with E-state index in [1.54, 1.807) is 24.5 Å². The molecular weight excluding hydrogens is 319 g/mol. The van der Waals surface area contributed by atoms with Gasteiger partial charge >= 0.3 is 0 Å². The van der Waals surface area contributed by atoms with Gasteiger partial charge in [0.2, 0.25) is 10.0 Å². The Bertz CT molecular complexity index is 779. The number of hydrogen-bond acceptors (Lipinski definition) is 4. The highest BCUT2D eigenvalue weighted by Gasteiger charge is 2.24. The molecule has 0 amide bonds. The first kappa shape index (κ1) is 17.4. The number of benzene rings is 1. The molecule has 0 aliphatic rings. The number of aromatic nitrogens is 1. The third kappa shape index (κ3) is 3.68. The van der Waals surface area contributed by atoms with Crippen LogP contribution in [-0.4, -0.2) is 20.5 Å². The Labute approximate surface area is 135 Å². The van der Waals surface area contributed by atoms with Gasteiger partial charge in [-0.05, 0) is 43.2 Å². The fraction of sp³-hybridized carbons (Fsp3) is 0.312. The third-order valence-electron chi connectivity index (χ3n) is 3.62. The SMILES string of the molecule is CCC(NS(=O)(=O)c1ccc(OC)c(F)c1C)c1ccncc1. The smallest absolute Gasteiger partial charge is 0.241 e. The molecule has 2 aromatic rings. The van der Waals surface area contributed by atoms with Gasteiger partial charge in [-0.25, -0.2) is 17.5 Å². The molecule has 7 heteroatoms. The maximum absolute atomic E-state index is 14.1. The van der Waals surface area contributed by atoms with E-state index in [2.05, 4.69) is 9.71 Å². The summed E-state index contributed by atoms with van der Waals surface area (Å²) in [5.41, 5.74) is 0.833. The number of rotatable bonds is 6. The zero-order valence-corrected chi connectivity index (χ0v) is 14.0. The summed E-state index contributed by atoms with van der Waals surface area (Å²) >= 11 is 0. The molecule has 0 saturated heterocycles. The molecular formula is C16H19FN2O3S. The van der Waals surface area contributed by atoms with Crippen LogP contribution in [0.1, 0.15) is 30.5 Å². The highest BCUT2D eigenvalue weighted by Crippen LogP contribution is 2.27. The minimum atomic E-state index is -3.86. The standard InChI is InChI=1S/C16H19FN2O3S/c1-4-13(12-7-9-18-10-8-12)19-23(20,21)15-6-5-14(22-3)16(17)11(15)2/h5-10,13,19H,4H2,1-3H3. The molecule has 0 fully saturated rings. The van der Waals surface area contributed by atoms with Gasteiger partial charge < -0.3 is 4.74 Å². The van der Waals surface area contributed by atoms with Crippen molar-refractivity contribution >= 4 is 10.0 Å². The average Bonchev–Trinajstić information content (AvgIpc) is 2.55. The lowest BCUT2D eigenvalue weighted by atomic mass is 10.1. The van der Waals surface area contributed by atoms with E-state index in [4.69, 9.17) is 4.74 Å². The maximum Gasteiger partial charge on any atom is 0.241 e. The van der Waals surface area contributed by atoms with E-state index >= 15 is 0 Å². The van der Waals surface area contributed by atoms with Crippen LogP contribution in [0.4, 0.5) is 4.39 Å². The van der Waals surface area contributed by atoms with E-state index in [1.807, 2.05) is 6.92 Å². The molecule has 0 aliphatic heterocycles. The molecule has 1 unspecified atom stereocenters. The van der Waals surface area contributed by atoms with Crippen molar-refractivity contribution < 1.29 is 17.5 Å². The molecule has 2 rings (SSSR count). The lowest BCUT2D eigenvalue weighted by Gasteiger charge is -2.19. The highest BCUT2D eigenvalue weighted by atomic mass is 32.2. The Morgan fingerprint density at radius 2 is 1.91 bits per heavy atom. The zero-order valence-electron chi connectivity index (χ0n) is 13.2. The van der Waals surface area contributed by atoms with Crippen LogP contribution in [0.2, 0.25) is 0 Å². The summed E-state index contributed by atoms with van der Waals surface area (Å²) in [6.07, 6.45) is 3.76. The van der Waals surface area contributed by atoms with Crippen molar-refractivity contribution in [2.24, 2.45) is 0 Å². The monoisotopic (exact) mass is 338 g/mol. The lowest BCUT2D eigenvalue weighted by Crippen LogP contribution is -2.29. The van der Waals surface area contributed by atoms with Gasteiger partial charge in [-0.15, -0.1) is 0 Å².